The number of thiazole rings is 1. The average Bonchev–Trinajstić information content (AvgIpc) is 3.61. The Bertz CT molecular complexity index is 1650. The lowest BCUT2D eigenvalue weighted by molar-refractivity contribution is -0.384. The third-order valence-corrected chi connectivity index (χ3v) is 8.34. The van der Waals surface area contributed by atoms with Crippen molar-refractivity contribution >= 4 is 61.2 Å². The number of aliphatic hydroxyl groups excluding tert-OH is 1. The molecular formula is C28H25N3O6S2. The Morgan fingerprint density at radius 3 is 2.59 bits per heavy atom. The molecule has 1 fully saturated rings. The number of nitro benzene ring substituents is 1. The molecule has 0 aliphatic carbocycles. The van der Waals surface area contributed by atoms with E-state index in [-0.39, 0.29) is 27.6 Å². The second-order valence-electron chi connectivity index (χ2n) is 9.98. The summed E-state index contributed by atoms with van der Waals surface area (Å²) in [6.45, 7) is 8.44. The van der Waals surface area contributed by atoms with Crippen LogP contribution in [0.4, 0.5) is 10.8 Å². The lowest BCUT2D eigenvalue weighted by Gasteiger charge is -2.24. The molecule has 5 rings (SSSR count). The molecule has 4 aromatic rings. The number of aromatic nitrogens is 1. The van der Waals surface area contributed by atoms with Crippen molar-refractivity contribution in [3.63, 3.8) is 0 Å². The summed E-state index contributed by atoms with van der Waals surface area (Å²) < 4.78 is 6.30. The fourth-order valence-corrected chi connectivity index (χ4v) is 6.41. The number of carbonyl (C=O) groups is 2. The number of carbonyl (C=O) groups excluding carboxylic acids is 2. The molecule has 1 aliphatic heterocycles. The fourth-order valence-electron chi connectivity index (χ4n) is 4.56. The van der Waals surface area contributed by atoms with Gasteiger partial charge in [0.15, 0.2) is 5.13 Å². The van der Waals surface area contributed by atoms with Crippen LogP contribution in [0.15, 0.2) is 59.5 Å². The Morgan fingerprint density at radius 2 is 1.95 bits per heavy atom. The van der Waals surface area contributed by atoms with Gasteiger partial charge in [-0.15, -0.1) is 11.3 Å². The first kappa shape index (κ1) is 26.5. The van der Waals surface area contributed by atoms with Crippen molar-refractivity contribution in [2.24, 2.45) is 0 Å². The van der Waals surface area contributed by atoms with Crippen LogP contribution in [-0.4, -0.2) is 33.3 Å². The highest BCUT2D eigenvalue weighted by molar-refractivity contribution is 7.22. The summed E-state index contributed by atoms with van der Waals surface area (Å²) in [5, 5.41) is 24.8. The summed E-state index contributed by atoms with van der Waals surface area (Å²) in [7, 11) is 0. The van der Waals surface area contributed by atoms with Crippen molar-refractivity contribution in [3.05, 3.63) is 85.6 Å². The number of non-ortho nitro benzene ring substituents is 1. The van der Waals surface area contributed by atoms with Gasteiger partial charge in [0.2, 0.25) is 0 Å². The smallest absolute Gasteiger partial charge is 0.301 e. The highest BCUT2D eigenvalue weighted by atomic mass is 32.1. The van der Waals surface area contributed by atoms with Gasteiger partial charge in [0, 0.05) is 28.1 Å². The van der Waals surface area contributed by atoms with Crippen molar-refractivity contribution in [2.75, 3.05) is 11.5 Å². The third-order valence-electron chi connectivity index (χ3n) is 6.40. The highest BCUT2D eigenvalue weighted by Gasteiger charge is 2.48. The van der Waals surface area contributed by atoms with E-state index in [0.29, 0.717) is 33.0 Å². The lowest BCUT2D eigenvalue weighted by Crippen LogP contribution is -2.28. The zero-order valence-corrected chi connectivity index (χ0v) is 23.3. The zero-order valence-electron chi connectivity index (χ0n) is 21.6. The van der Waals surface area contributed by atoms with Gasteiger partial charge in [-0.05, 0) is 48.1 Å². The molecule has 1 aliphatic rings. The third kappa shape index (κ3) is 4.68. The summed E-state index contributed by atoms with van der Waals surface area (Å²) in [5.74, 6) is -1.27. The van der Waals surface area contributed by atoms with Crippen LogP contribution in [0.5, 0.6) is 5.75 Å². The van der Waals surface area contributed by atoms with Crippen molar-refractivity contribution in [1.82, 2.24) is 4.98 Å². The molecule has 2 aromatic carbocycles. The maximum absolute atomic E-state index is 13.5. The number of nitrogens with zero attached hydrogens (tertiary/aromatic N) is 3. The maximum Gasteiger partial charge on any atom is 0.301 e. The molecule has 11 heteroatoms. The van der Waals surface area contributed by atoms with Crippen molar-refractivity contribution in [3.8, 4) is 5.75 Å². The van der Waals surface area contributed by atoms with Crippen LogP contribution in [-0.2, 0) is 15.0 Å². The molecule has 1 atom stereocenters. The van der Waals surface area contributed by atoms with Gasteiger partial charge in [-0.2, -0.15) is 0 Å². The number of ketones is 1. The summed E-state index contributed by atoms with van der Waals surface area (Å²) in [4.78, 5) is 44.1. The van der Waals surface area contributed by atoms with Crippen LogP contribution >= 0.6 is 22.7 Å². The number of hydrogen-bond donors (Lipinski definition) is 1. The van der Waals surface area contributed by atoms with Gasteiger partial charge in [0.1, 0.15) is 17.6 Å². The summed E-state index contributed by atoms with van der Waals surface area (Å²) >= 11 is 2.42. The van der Waals surface area contributed by atoms with E-state index in [1.165, 1.54) is 34.4 Å². The topological polar surface area (TPSA) is 123 Å². The number of Topliss-reactive ketones (excluding diaryl/α,β-unsaturated/α-hetero) is 1. The molecule has 0 radical (unpaired) electrons. The second kappa shape index (κ2) is 9.90. The van der Waals surface area contributed by atoms with Crippen molar-refractivity contribution < 1.29 is 24.4 Å². The Labute approximate surface area is 232 Å². The summed E-state index contributed by atoms with van der Waals surface area (Å²) in [5.41, 5.74) is 1.25. The van der Waals surface area contributed by atoms with Crippen LogP contribution in [0, 0.1) is 10.1 Å². The first-order chi connectivity index (χ1) is 18.5. The predicted octanol–water partition coefficient (Wildman–Crippen LogP) is 6.59. The van der Waals surface area contributed by atoms with Crippen LogP contribution < -0.4 is 9.64 Å². The fraction of sp³-hybridized carbons (Fsp3) is 0.250. The van der Waals surface area contributed by atoms with Crippen LogP contribution in [0.1, 0.15) is 49.7 Å². The van der Waals surface area contributed by atoms with E-state index in [4.69, 9.17) is 4.74 Å². The number of ether oxygens (including phenoxy) is 1. The quantitative estimate of drug-likeness (QED) is 0.0923. The zero-order chi connectivity index (χ0) is 28.1. The van der Waals surface area contributed by atoms with Crippen LogP contribution in [0.3, 0.4) is 0 Å². The van der Waals surface area contributed by atoms with Gasteiger partial charge < -0.3 is 9.84 Å². The second-order valence-corrected chi connectivity index (χ2v) is 12.0. The molecule has 0 saturated carbocycles. The number of benzene rings is 2. The van der Waals surface area contributed by atoms with E-state index in [1.54, 1.807) is 30.3 Å². The lowest BCUT2D eigenvalue weighted by atomic mass is 9.84. The molecule has 1 N–H and O–H groups in total. The van der Waals surface area contributed by atoms with Gasteiger partial charge in [-0.25, -0.2) is 4.98 Å². The molecule has 1 saturated heterocycles. The molecular weight excluding hydrogens is 538 g/mol. The average molecular weight is 564 g/mol. The minimum Gasteiger partial charge on any atom is -0.507 e. The molecule has 2 aromatic heterocycles. The van der Waals surface area contributed by atoms with Crippen molar-refractivity contribution in [1.29, 1.82) is 0 Å². The molecule has 1 unspecified atom stereocenters. The summed E-state index contributed by atoms with van der Waals surface area (Å²) in [6.07, 6.45) is 0. The van der Waals surface area contributed by atoms with Gasteiger partial charge in [-0.3, -0.25) is 24.6 Å². The first-order valence-electron chi connectivity index (χ1n) is 12.2. The summed E-state index contributed by atoms with van der Waals surface area (Å²) in [6, 6.07) is 12.1. The maximum atomic E-state index is 13.5. The Balaban J connectivity index is 1.68. The van der Waals surface area contributed by atoms with Gasteiger partial charge in [-0.1, -0.05) is 38.2 Å². The Kier molecular flexibility index (Phi) is 6.73. The standard InChI is InChI=1S/C28H25N3O6S2/c1-5-37-19-11-8-15(13-17(19)28(2,3)4)24(32)22-23(20-7-6-12-38-20)30(26(34)25(22)33)27-29-18-10-9-16(31(35)36)14-21(18)39-27/h6-14,23,32H,5H2,1-4H3/b24-22+. The van der Waals surface area contributed by atoms with E-state index in [9.17, 15) is 24.8 Å². The number of amides is 1. The highest BCUT2D eigenvalue weighted by Crippen LogP contribution is 2.46. The predicted molar refractivity (Wildman–Crippen MR) is 152 cm³/mol. The molecule has 9 nitrogen and oxygen atoms in total. The normalized spacial score (nSPS) is 17.2. The molecule has 0 spiro atoms. The minimum absolute atomic E-state index is 0.0447. The number of thiophene rings is 1. The molecule has 3 heterocycles. The van der Waals surface area contributed by atoms with E-state index in [2.05, 4.69) is 4.98 Å². The first-order valence-corrected chi connectivity index (χ1v) is 13.9. The number of hydrogen-bond acceptors (Lipinski definition) is 9. The van der Waals surface area contributed by atoms with E-state index in [1.807, 2.05) is 33.1 Å². The van der Waals surface area contributed by atoms with Crippen LogP contribution in [0.2, 0.25) is 0 Å². The van der Waals surface area contributed by atoms with Crippen molar-refractivity contribution in [2.45, 2.75) is 39.2 Å². The number of fused-ring (bicyclic) bond motifs is 1. The van der Waals surface area contributed by atoms with E-state index < -0.39 is 22.7 Å². The Morgan fingerprint density at radius 1 is 1.18 bits per heavy atom. The monoisotopic (exact) mass is 563 g/mol. The van der Waals surface area contributed by atoms with Gasteiger partial charge in [0.05, 0.1) is 27.3 Å². The number of anilines is 1. The minimum atomic E-state index is -0.912. The van der Waals surface area contributed by atoms with Gasteiger partial charge in [0.25, 0.3) is 11.5 Å². The molecule has 200 valence electrons. The van der Waals surface area contributed by atoms with E-state index in [0.717, 1.165) is 16.9 Å². The number of aliphatic hydroxyl groups is 1. The van der Waals surface area contributed by atoms with Crippen LogP contribution in [0.25, 0.3) is 16.0 Å². The van der Waals surface area contributed by atoms with Gasteiger partial charge >= 0.3 is 5.91 Å². The molecule has 39 heavy (non-hydrogen) atoms. The molecule has 1 amide bonds. The molecule has 0 bridgehead atoms. The van der Waals surface area contributed by atoms with E-state index >= 15 is 0 Å². The largest absolute Gasteiger partial charge is 0.507 e. The SMILES string of the molecule is CCOc1ccc(/C(O)=C2\C(=O)C(=O)N(c3nc4ccc([N+](=O)[O-])cc4s3)C2c2cccs2)cc1C(C)(C)C. The number of rotatable bonds is 6. The number of nitro groups is 1. The Hall–Kier alpha value is -4.09.